The monoisotopic (exact) mass is 250 g/mol. The van der Waals surface area contributed by atoms with Gasteiger partial charge in [-0.05, 0) is 18.9 Å². The third-order valence-corrected chi connectivity index (χ3v) is 4.69. The molecule has 2 fully saturated rings. The highest BCUT2D eigenvalue weighted by Gasteiger charge is 2.62. The maximum atomic E-state index is 12.2. The summed E-state index contributed by atoms with van der Waals surface area (Å²) in [5.74, 6) is -0.329. The van der Waals surface area contributed by atoms with E-state index in [1.165, 1.54) is 0 Å². The van der Waals surface area contributed by atoms with E-state index >= 15 is 0 Å². The van der Waals surface area contributed by atoms with Crippen LogP contribution >= 0.6 is 0 Å². The number of Topliss-reactive ketones (excluding diaryl/α,β-unsaturated/α-hetero) is 1. The van der Waals surface area contributed by atoms with E-state index in [2.05, 4.69) is 0 Å². The highest BCUT2D eigenvalue weighted by molar-refractivity contribution is 6.04. The Bertz CT molecular complexity index is 482. The van der Waals surface area contributed by atoms with Crippen LogP contribution in [0.5, 0.6) is 0 Å². The molecule has 5 rings (SSSR count). The lowest BCUT2D eigenvalue weighted by Crippen LogP contribution is -2.54. The molecule has 0 amide bonds. The lowest BCUT2D eigenvalue weighted by molar-refractivity contribution is -0.138. The summed E-state index contributed by atoms with van der Waals surface area (Å²) in [7, 11) is 0. The van der Waals surface area contributed by atoms with Gasteiger partial charge < -0.3 is 19.4 Å². The van der Waals surface area contributed by atoms with E-state index < -0.39 is 24.4 Å². The van der Waals surface area contributed by atoms with E-state index in [1.54, 1.807) is 0 Å². The molecule has 0 aromatic heterocycles. The van der Waals surface area contributed by atoms with Crippen LogP contribution in [0.2, 0.25) is 0 Å². The van der Waals surface area contributed by atoms with E-state index in [0.717, 1.165) is 6.29 Å². The SMILES string of the molecule is C[C@H]1O[C@H]2C3=C(C(=O)[C@@H]4O[C@@H]4[C@H]3O)[C@@H]1C[C@@H]2C=O. The number of ether oxygens (including phenoxy) is 2. The summed E-state index contributed by atoms with van der Waals surface area (Å²) in [6.07, 6.45) is -0.654. The first-order valence-electron chi connectivity index (χ1n) is 6.36. The number of hydrogen-bond donors (Lipinski definition) is 1. The second-order valence-electron chi connectivity index (χ2n) is 5.60. The topological polar surface area (TPSA) is 76.1 Å². The van der Waals surface area contributed by atoms with Gasteiger partial charge in [0.05, 0.1) is 12.2 Å². The standard InChI is InChI=1S/C13H14O5/c1-4-6-2-5(3-14)11(17-4)8-7(6)9(15)12-13(18-12)10(8)16/h3-6,10-13,16H,2H2,1H3/t4-,5-,6-,10+,11-,12+,13-/m1/s1. The normalized spacial score (nSPS) is 53.0. The summed E-state index contributed by atoms with van der Waals surface area (Å²) < 4.78 is 11.0. The summed E-state index contributed by atoms with van der Waals surface area (Å²) in [6.45, 7) is 1.92. The molecule has 2 aliphatic carbocycles. The minimum absolute atomic E-state index is 0.00482. The van der Waals surface area contributed by atoms with Crippen molar-refractivity contribution < 1.29 is 24.2 Å². The zero-order chi connectivity index (χ0) is 12.6. The van der Waals surface area contributed by atoms with E-state index in [1.807, 2.05) is 6.92 Å². The molecule has 0 aromatic rings. The molecule has 5 nitrogen and oxygen atoms in total. The van der Waals surface area contributed by atoms with Gasteiger partial charge in [0.15, 0.2) is 5.78 Å². The van der Waals surface area contributed by atoms with Crippen LogP contribution < -0.4 is 0 Å². The van der Waals surface area contributed by atoms with Gasteiger partial charge in [-0.1, -0.05) is 0 Å². The predicted molar refractivity (Wildman–Crippen MR) is 58.7 cm³/mol. The van der Waals surface area contributed by atoms with Crippen molar-refractivity contribution in [3.8, 4) is 0 Å². The van der Waals surface area contributed by atoms with Gasteiger partial charge in [-0.3, -0.25) is 4.79 Å². The maximum Gasteiger partial charge on any atom is 0.190 e. The number of ketones is 1. The number of fused-ring (bicyclic) bond motifs is 3. The number of hydrogen-bond acceptors (Lipinski definition) is 5. The number of rotatable bonds is 1. The summed E-state index contributed by atoms with van der Waals surface area (Å²) in [6, 6.07) is 0. The second kappa shape index (κ2) is 3.29. The van der Waals surface area contributed by atoms with E-state index in [4.69, 9.17) is 9.47 Å². The Hall–Kier alpha value is -1.04. The van der Waals surface area contributed by atoms with Crippen LogP contribution in [-0.2, 0) is 19.1 Å². The minimum atomic E-state index is -0.787. The maximum absolute atomic E-state index is 12.2. The Balaban J connectivity index is 1.86. The molecule has 0 spiro atoms. The van der Waals surface area contributed by atoms with E-state index in [-0.39, 0.29) is 23.7 Å². The molecular weight excluding hydrogens is 236 g/mol. The summed E-state index contributed by atoms with van der Waals surface area (Å²) in [4.78, 5) is 23.3. The highest BCUT2D eigenvalue weighted by Crippen LogP contribution is 2.51. The molecule has 3 heterocycles. The molecule has 96 valence electrons. The smallest absolute Gasteiger partial charge is 0.190 e. The minimum Gasteiger partial charge on any atom is -0.386 e. The largest absolute Gasteiger partial charge is 0.386 e. The molecule has 0 unspecified atom stereocenters. The fourth-order valence-corrected chi connectivity index (χ4v) is 3.74. The quantitative estimate of drug-likeness (QED) is 0.507. The van der Waals surface area contributed by atoms with Gasteiger partial charge in [-0.15, -0.1) is 0 Å². The molecule has 5 aliphatic rings. The van der Waals surface area contributed by atoms with Gasteiger partial charge in [-0.2, -0.15) is 0 Å². The number of aliphatic hydroxyl groups excluding tert-OH is 1. The van der Waals surface area contributed by atoms with Crippen molar-refractivity contribution >= 4 is 12.1 Å². The van der Waals surface area contributed by atoms with Crippen LogP contribution in [0.1, 0.15) is 13.3 Å². The first-order chi connectivity index (χ1) is 8.63. The molecule has 18 heavy (non-hydrogen) atoms. The fraction of sp³-hybridized carbons (Fsp3) is 0.692. The van der Waals surface area contributed by atoms with Gasteiger partial charge in [0, 0.05) is 17.4 Å². The van der Waals surface area contributed by atoms with Crippen molar-refractivity contribution in [3.05, 3.63) is 11.1 Å². The first kappa shape index (κ1) is 10.8. The van der Waals surface area contributed by atoms with Crippen LogP contribution in [0.3, 0.4) is 0 Å². The number of aldehydes is 1. The lowest BCUT2D eigenvalue weighted by atomic mass is 9.65. The van der Waals surface area contributed by atoms with Crippen LogP contribution in [0.4, 0.5) is 0 Å². The summed E-state index contributed by atoms with van der Waals surface area (Å²) in [5.41, 5.74) is 1.30. The van der Waals surface area contributed by atoms with Crippen LogP contribution in [0, 0.1) is 11.8 Å². The van der Waals surface area contributed by atoms with Crippen molar-refractivity contribution in [3.63, 3.8) is 0 Å². The van der Waals surface area contributed by atoms with Crippen molar-refractivity contribution in [2.75, 3.05) is 0 Å². The van der Waals surface area contributed by atoms with Crippen LogP contribution in [-0.4, -0.2) is 47.7 Å². The Morgan fingerprint density at radius 2 is 2.11 bits per heavy atom. The highest BCUT2D eigenvalue weighted by atomic mass is 16.6. The average molecular weight is 250 g/mol. The number of carbonyl (C=O) groups excluding carboxylic acids is 2. The van der Waals surface area contributed by atoms with Crippen molar-refractivity contribution in [2.45, 2.75) is 43.9 Å². The van der Waals surface area contributed by atoms with Crippen molar-refractivity contribution in [1.82, 2.24) is 0 Å². The molecular formula is C13H14O5. The number of aliphatic hydroxyl groups is 1. The lowest BCUT2D eigenvalue weighted by Gasteiger charge is -2.48. The molecule has 3 aliphatic heterocycles. The summed E-state index contributed by atoms with van der Waals surface area (Å²) in [5, 5.41) is 10.2. The zero-order valence-electron chi connectivity index (χ0n) is 9.91. The van der Waals surface area contributed by atoms with Crippen molar-refractivity contribution in [1.29, 1.82) is 0 Å². The Morgan fingerprint density at radius 1 is 1.33 bits per heavy atom. The molecule has 2 saturated heterocycles. The first-order valence-corrected chi connectivity index (χ1v) is 6.36. The van der Waals surface area contributed by atoms with Gasteiger partial charge in [0.25, 0.3) is 0 Å². The van der Waals surface area contributed by atoms with Crippen LogP contribution in [0.25, 0.3) is 0 Å². The van der Waals surface area contributed by atoms with Crippen molar-refractivity contribution in [2.24, 2.45) is 11.8 Å². The molecule has 2 bridgehead atoms. The van der Waals surface area contributed by atoms with Crippen LogP contribution in [0.15, 0.2) is 11.1 Å². The van der Waals surface area contributed by atoms with Gasteiger partial charge in [0.1, 0.15) is 24.6 Å². The van der Waals surface area contributed by atoms with Gasteiger partial charge in [-0.25, -0.2) is 0 Å². The van der Waals surface area contributed by atoms with E-state index in [0.29, 0.717) is 17.6 Å². The molecule has 5 heteroatoms. The number of carbonyl (C=O) groups is 2. The second-order valence-corrected chi connectivity index (χ2v) is 5.60. The average Bonchev–Trinajstić information content (AvgIpc) is 3.15. The molecule has 7 atom stereocenters. The van der Waals surface area contributed by atoms with E-state index in [9.17, 15) is 14.7 Å². The molecule has 0 radical (unpaired) electrons. The van der Waals surface area contributed by atoms with Gasteiger partial charge >= 0.3 is 0 Å². The zero-order valence-corrected chi connectivity index (χ0v) is 9.91. The predicted octanol–water partition coefficient (Wildman–Crippen LogP) is -0.384. The van der Waals surface area contributed by atoms with Gasteiger partial charge in [0.2, 0.25) is 0 Å². The Morgan fingerprint density at radius 3 is 2.83 bits per heavy atom. The Kier molecular flexibility index (Phi) is 1.98. The molecule has 1 N–H and O–H groups in total. The summed E-state index contributed by atoms with van der Waals surface area (Å²) >= 11 is 0. The third kappa shape index (κ3) is 1.12. The molecule has 0 aromatic carbocycles. The number of epoxide rings is 1. The Labute approximate surface area is 104 Å². The fourth-order valence-electron chi connectivity index (χ4n) is 3.74. The third-order valence-electron chi connectivity index (χ3n) is 4.69. The molecule has 0 saturated carbocycles.